The van der Waals surface area contributed by atoms with E-state index in [2.05, 4.69) is 5.32 Å². The lowest BCUT2D eigenvalue weighted by atomic mass is 9.95. The average Bonchev–Trinajstić information content (AvgIpc) is 2.67. The Morgan fingerprint density at radius 2 is 1.85 bits per heavy atom. The summed E-state index contributed by atoms with van der Waals surface area (Å²) in [5.74, 6) is -1.18. The summed E-state index contributed by atoms with van der Waals surface area (Å²) in [5.41, 5.74) is 1.04. The maximum absolute atomic E-state index is 12.6. The van der Waals surface area contributed by atoms with Crippen LogP contribution in [0, 0.1) is 5.92 Å². The minimum Gasteiger partial charge on any atom is -0.481 e. The Kier molecular flexibility index (Phi) is 7.79. The Balaban J connectivity index is 1.93. The second-order valence-electron chi connectivity index (χ2n) is 6.90. The average molecular weight is 397 g/mol. The molecular weight excluding hydrogens is 368 g/mol. The van der Waals surface area contributed by atoms with Gasteiger partial charge in [0.15, 0.2) is 0 Å². The monoisotopic (exact) mass is 396 g/mol. The summed E-state index contributed by atoms with van der Waals surface area (Å²) in [6.07, 6.45) is 1.90. The van der Waals surface area contributed by atoms with E-state index in [9.17, 15) is 18.0 Å². The van der Waals surface area contributed by atoms with Crippen molar-refractivity contribution < 1.29 is 23.1 Å². The number of carbonyl (C=O) groups is 2. The molecule has 0 radical (unpaired) electrons. The number of nitrogens with zero attached hydrogens (tertiary/aromatic N) is 1. The number of nitrogens with one attached hydrogen (secondary N) is 1. The molecule has 0 aromatic heterocycles. The summed E-state index contributed by atoms with van der Waals surface area (Å²) in [5, 5.41) is 12.0. The van der Waals surface area contributed by atoms with Crippen molar-refractivity contribution in [3.63, 3.8) is 0 Å². The van der Waals surface area contributed by atoms with Crippen molar-refractivity contribution in [3.05, 3.63) is 35.9 Å². The Hall–Kier alpha value is -1.93. The van der Waals surface area contributed by atoms with Crippen molar-refractivity contribution in [1.29, 1.82) is 0 Å². The van der Waals surface area contributed by atoms with Crippen LogP contribution in [0.2, 0.25) is 0 Å². The highest BCUT2D eigenvalue weighted by Gasteiger charge is 2.31. The lowest BCUT2D eigenvalue weighted by Crippen LogP contribution is -2.46. The zero-order chi connectivity index (χ0) is 19.9. The van der Waals surface area contributed by atoms with Crippen LogP contribution >= 0.6 is 0 Å². The summed E-state index contributed by atoms with van der Waals surface area (Å²) in [6, 6.07) is 9.38. The molecule has 1 saturated heterocycles. The molecule has 1 heterocycles. The number of carboxylic acid groups (broad SMARTS) is 1. The first-order valence-corrected chi connectivity index (χ1v) is 11.0. The number of hydrogen-bond acceptors (Lipinski definition) is 4. The first kappa shape index (κ1) is 21.4. The lowest BCUT2D eigenvalue weighted by Gasteiger charge is -2.31. The smallest absolute Gasteiger partial charge is 0.303 e. The van der Waals surface area contributed by atoms with Crippen LogP contribution < -0.4 is 5.32 Å². The Labute approximate surface area is 160 Å². The highest BCUT2D eigenvalue weighted by molar-refractivity contribution is 7.89. The minimum atomic E-state index is -3.22. The maximum atomic E-state index is 12.6. The predicted octanol–water partition coefficient (Wildman–Crippen LogP) is 1.64. The molecule has 1 amide bonds. The van der Waals surface area contributed by atoms with Gasteiger partial charge in [-0.05, 0) is 38.2 Å². The molecule has 1 atom stereocenters. The third-order valence-corrected chi connectivity index (χ3v) is 6.84. The largest absolute Gasteiger partial charge is 0.481 e. The van der Waals surface area contributed by atoms with Gasteiger partial charge in [-0.25, -0.2) is 12.7 Å². The lowest BCUT2D eigenvalue weighted by molar-refractivity contribution is -0.137. The van der Waals surface area contributed by atoms with Crippen molar-refractivity contribution >= 4 is 21.9 Å². The summed E-state index contributed by atoms with van der Waals surface area (Å²) in [6.45, 7) is 2.32. The van der Waals surface area contributed by atoms with E-state index in [1.165, 1.54) is 4.31 Å². The van der Waals surface area contributed by atoms with Crippen LogP contribution in [-0.2, 0) is 26.0 Å². The molecule has 0 saturated carbocycles. The Bertz CT molecular complexity index is 728. The molecule has 2 rings (SSSR count). The number of benzene rings is 1. The van der Waals surface area contributed by atoms with Crippen LogP contribution in [0.15, 0.2) is 30.3 Å². The number of aliphatic carboxylic acids is 1. The van der Waals surface area contributed by atoms with Crippen molar-refractivity contribution in [2.24, 2.45) is 5.92 Å². The number of sulfonamides is 1. The van der Waals surface area contributed by atoms with Crippen molar-refractivity contribution in [2.45, 2.75) is 45.1 Å². The van der Waals surface area contributed by atoms with Crippen molar-refractivity contribution in [1.82, 2.24) is 9.62 Å². The summed E-state index contributed by atoms with van der Waals surface area (Å²) < 4.78 is 25.3. The van der Waals surface area contributed by atoms with Crippen LogP contribution in [0.25, 0.3) is 0 Å². The minimum absolute atomic E-state index is 0.00896. The number of piperidine rings is 1. The van der Waals surface area contributed by atoms with Crippen LogP contribution in [0.3, 0.4) is 0 Å². The fraction of sp³-hybridized carbons (Fsp3) is 0.579. The second kappa shape index (κ2) is 9.85. The molecule has 0 spiro atoms. The van der Waals surface area contributed by atoms with Gasteiger partial charge in [0.05, 0.1) is 5.75 Å². The van der Waals surface area contributed by atoms with E-state index in [1.54, 1.807) is 6.92 Å². The number of amides is 1. The molecular formula is C19H28N2O5S. The van der Waals surface area contributed by atoms with Gasteiger partial charge in [0.25, 0.3) is 0 Å². The van der Waals surface area contributed by atoms with Gasteiger partial charge in [0.1, 0.15) is 0 Å². The standard InChI is InChI=1S/C19H28N2O5S/c1-2-27(25,26)21-12-10-16(11-13-21)19(24)20-17(8-9-18(22)23)14-15-6-4-3-5-7-15/h3-7,16-17H,2,8-14H2,1H3,(H,20,24)(H,22,23). The van der Waals surface area contributed by atoms with Crippen LogP contribution in [-0.4, -0.2) is 54.6 Å². The molecule has 0 aliphatic carbocycles. The number of carboxylic acids is 1. The van der Waals surface area contributed by atoms with E-state index in [0.717, 1.165) is 5.56 Å². The van der Waals surface area contributed by atoms with Gasteiger partial charge in [-0.15, -0.1) is 0 Å². The molecule has 2 N–H and O–H groups in total. The van der Waals surface area contributed by atoms with Crippen LogP contribution in [0.5, 0.6) is 0 Å². The summed E-state index contributed by atoms with van der Waals surface area (Å²) in [7, 11) is -3.22. The molecule has 150 valence electrons. The van der Waals surface area contributed by atoms with Gasteiger partial charge in [-0.2, -0.15) is 0 Å². The van der Waals surface area contributed by atoms with E-state index >= 15 is 0 Å². The molecule has 1 unspecified atom stereocenters. The normalized spacial score (nSPS) is 17.4. The molecule has 1 aromatic rings. The summed E-state index contributed by atoms with van der Waals surface area (Å²) >= 11 is 0. The molecule has 1 aliphatic heterocycles. The molecule has 1 aliphatic rings. The Morgan fingerprint density at radius 3 is 2.41 bits per heavy atom. The third-order valence-electron chi connectivity index (χ3n) is 4.96. The fourth-order valence-corrected chi connectivity index (χ4v) is 4.45. The van der Waals surface area contributed by atoms with Gasteiger partial charge in [-0.3, -0.25) is 9.59 Å². The highest BCUT2D eigenvalue weighted by atomic mass is 32.2. The molecule has 0 bridgehead atoms. The van der Waals surface area contributed by atoms with Gasteiger partial charge < -0.3 is 10.4 Å². The van der Waals surface area contributed by atoms with E-state index in [1.807, 2.05) is 30.3 Å². The first-order chi connectivity index (χ1) is 12.8. The predicted molar refractivity (Wildman–Crippen MR) is 103 cm³/mol. The van der Waals surface area contributed by atoms with Gasteiger partial charge in [0, 0.05) is 31.5 Å². The summed E-state index contributed by atoms with van der Waals surface area (Å²) in [4.78, 5) is 23.6. The Morgan fingerprint density at radius 1 is 1.22 bits per heavy atom. The van der Waals surface area contributed by atoms with E-state index in [-0.39, 0.29) is 30.0 Å². The second-order valence-corrected chi connectivity index (χ2v) is 9.16. The molecule has 7 nitrogen and oxygen atoms in total. The number of hydrogen-bond donors (Lipinski definition) is 2. The van der Waals surface area contributed by atoms with Crippen molar-refractivity contribution in [3.8, 4) is 0 Å². The zero-order valence-corrected chi connectivity index (χ0v) is 16.5. The number of rotatable bonds is 9. The molecule has 27 heavy (non-hydrogen) atoms. The zero-order valence-electron chi connectivity index (χ0n) is 15.6. The molecule has 1 aromatic carbocycles. The maximum Gasteiger partial charge on any atom is 0.303 e. The van der Waals surface area contributed by atoms with E-state index in [0.29, 0.717) is 38.8 Å². The third kappa shape index (κ3) is 6.62. The van der Waals surface area contributed by atoms with Gasteiger partial charge in [-0.1, -0.05) is 30.3 Å². The van der Waals surface area contributed by atoms with Crippen LogP contribution in [0.4, 0.5) is 0 Å². The quantitative estimate of drug-likeness (QED) is 0.660. The fourth-order valence-electron chi connectivity index (χ4n) is 3.32. The number of carbonyl (C=O) groups excluding carboxylic acids is 1. The SMILES string of the molecule is CCS(=O)(=O)N1CCC(C(=O)NC(CCC(=O)O)Cc2ccccc2)CC1. The van der Waals surface area contributed by atoms with Crippen molar-refractivity contribution in [2.75, 3.05) is 18.8 Å². The van der Waals surface area contributed by atoms with E-state index in [4.69, 9.17) is 5.11 Å². The van der Waals surface area contributed by atoms with Gasteiger partial charge in [0.2, 0.25) is 15.9 Å². The topological polar surface area (TPSA) is 104 Å². The highest BCUT2D eigenvalue weighted by Crippen LogP contribution is 2.21. The molecule has 1 fully saturated rings. The van der Waals surface area contributed by atoms with Gasteiger partial charge >= 0.3 is 5.97 Å². The van der Waals surface area contributed by atoms with Crippen LogP contribution in [0.1, 0.15) is 38.2 Å². The first-order valence-electron chi connectivity index (χ1n) is 9.35. The van der Waals surface area contributed by atoms with E-state index < -0.39 is 16.0 Å². The molecule has 8 heteroatoms.